The molecule has 0 saturated heterocycles. The fourth-order valence-corrected chi connectivity index (χ4v) is 1.67. The predicted molar refractivity (Wildman–Crippen MR) is 64.6 cm³/mol. The van der Waals surface area contributed by atoms with E-state index in [1.807, 2.05) is 24.3 Å². The zero-order valence-electron chi connectivity index (χ0n) is 9.73. The Labute approximate surface area is 91.9 Å². The number of hydrogen-bond acceptors (Lipinski definition) is 2. The molecule has 1 rings (SSSR count). The number of rotatable bonds is 5. The molecule has 0 spiro atoms. The molecule has 1 aromatic carbocycles. The lowest BCUT2D eigenvalue weighted by molar-refractivity contribution is 0.112. The van der Waals surface area contributed by atoms with Crippen molar-refractivity contribution >= 4 is 12.0 Å². The van der Waals surface area contributed by atoms with E-state index in [1.54, 1.807) is 0 Å². The highest BCUT2D eigenvalue weighted by molar-refractivity contribution is 5.75. The van der Waals surface area contributed by atoms with Crippen LogP contribution in [0.5, 0.6) is 0 Å². The number of benzene rings is 1. The van der Waals surface area contributed by atoms with Gasteiger partial charge < -0.3 is 4.90 Å². The minimum Gasteiger partial charge on any atom is -0.369 e. The van der Waals surface area contributed by atoms with E-state index in [4.69, 9.17) is 0 Å². The molecule has 82 valence electrons. The second kappa shape index (κ2) is 5.54. The maximum absolute atomic E-state index is 10.5. The van der Waals surface area contributed by atoms with Crippen molar-refractivity contribution in [2.45, 2.75) is 33.2 Å². The Hall–Kier alpha value is -1.31. The summed E-state index contributed by atoms with van der Waals surface area (Å²) in [5.41, 5.74) is 1.93. The van der Waals surface area contributed by atoms with Gasteiger partial charge in [0, 0.05) is 23.8 Å². The lowest BCUT2D eigenvalue weighted by atomic mass is 10.2. The van der Waals surface area contributed by atoms with E-state index >= 15 is 0 Å². The molecule has 2 nitrogen and oxygen atoms in total. The molecule has 0 atom stereocenters. The highest BCUT2D eigenvalue weighted by Crippen LogP contribution is 2.17. The number of carbonyl (C=O) groups excluding carboxylic acids is 1. The molecule has 0 amide bonds. The molecule has 0 saturated carbocycles. The van der Waals surface area contributed by atoms with Gasteiger partial charge in [-0.1, -0.05) is 6.92 Å². The highest BCUT2D eigenvalue weighted by atomic mass is 16.1. The highest BCUT2D eigenvalue weighted by Gasteiger charge is 2.08. The maximum Gasteiger partial charge on any atom is 0.150 e. The summed E-state index contributed by atoms with van der Waals surface area (Å²) in [4.78, 5) is 12.9. The Morgan fingerprint density at radius 1 is 1.27 bits per heavy atom. The third-order valence-electron chi connectivity index (χ3n) is 2.45. The van der Waals surface area contributed by atoms with Crippen LogP contribution in [0.3, 0.4) is 0 Å². The first-order valence-corrected chi connectivity index (χ1v) is 5.51. The summed E-state index contributed by atoms with van der Waals surface area (Å²) in [6.07, 6.45) is 2.01. The molecule has 0 fully saturated rings. The molecular formula is C13H19NO. The van der Waals surface area contributed by atoms with Crippen molar-refractivity contribution in [1.82, 2.24) is 0 Å². The van der Waals surface area contributed by atoms with Gasteiger partial charge in [-0.3, -0.25) is 4.79 Å². The Kier molecular flexibility index (Phi) is 4.35. The first kappa shape index (κ1) is 11.8. The first-order chi connectivity index (χ1) is 7.19. The van der Waals surface area contributed by atoms with E-state index in [0.717, 1.165) is 24.8 Å². The summed E-state index contributed by atoms with van der Waals surface area (Å²) in [7, 11) is 0. The standard InChI is InChI=1S/C13H19NO/c1-4-9-14(11(2)3)13-7-5-12(10-15)6-8-13/h5-8,10-11H,4,9H2,1-3H3. The molecule has 0 N–H and O–H groups in total. The average Bonchev–Trinajstić information content (AvgIpc) is 2.26. The molecule has 0 unspecified atom stereocenters. The Morgan fingerprint density at radius 2 is 1.87 bits per heavy atom. The molecule has 0 aliphatic carbocycles. The normalized spacial score (nSPS) is 10.4. The Bertz CT molecular complexity index is 303. The number of aldehydes is 1. The van der Waals surface area contributed by atoms with Gasteiger partial charge in [0.15, 0.2) is 0 Å². The predicted octanol–water partition coefficient (Wildman–Crippen LogP) is 3.12. The molecule has 15 heavy (non-hydrogen) atoms. The minimum atomic E-state index is 0.493. The van der Waals surface area contributed by atoms with Gasteiger partial charge in [0.1, 0.15) is 6.29 Å². The Morgan fingerprint density at radius 3 is 2.27 bits per heavy atom. The van der Waals surface area contributed by atoms with Crippen LogP contribution in [0.25, 0.3) is 0 Å². The molecule has 0 aromatic heterocycles. The summed E-state index contributed by atoms with van der Waals surface area (Å²) in [6.45, 7) is 7.60. The molecule has 0 aliphatic heterocycles. The van der Waals surface area contributed by atoms with Gasteiger partial charge in [-0.2, -0.15) is 0 Å². The van der Waals surface area contributed by atoms with Crippen LogP contribution in [0.2, 0.25) is 0 Å². The lowest BCUT2D eigenvalue weighted by Gasteiger charge is -2.28. The average molecular weight is 205 g/mol. The monoisotopic (exact) mass is 205 g/mol. The molecule has 0 radical (unpaired) electrons. The second-order valence-corrected chi connectivity index (χ2v) is 4.00. The van der Waals surface area contributed by atoms with E-state index in [1.165, 1.54) is 5.69 Å². The topological polar surface area (TPSA) is 20.3 Å². The summed E-state index contributed by atoms with van der Waals surface area (Å²) in [5.74, 6) is 0. The minimum absolute atomic E-state index is 0.493. The van der Waals surface area contributed by atoms with Crippen molar-refractivity contribution in [1.29, 1.82) is 0 Å². The number of anilines is 1. The van der Waals surface area contributed by atoms with Crippen molar-refractivity contribution < 1.29 is 4.79 Å². The fraction of sp³-hybridized carbons (Fsp3) is 0.462. The van der Waals surface area contributed by atoms with Gasteiger partial charge in [0.2, 0.25) is 0 Å². The van der Waals surface area contributed by atoms with Gasteiger partial charge in [0.25, 0.3) is 0 Å². The maximum atomic E-state index is 10.5. The van der Waals surface area contributed by atoms with Crippen LogP contribution in [0.4, 0.5) is 5.69 Å². The van der Waals surface area contributed by atoms with Gasteiger partial charge >= 0.3 is 0 Å². The molecular weight excluding hydrogens is 186 g/mol. The third kappa shape index (κ3) is 3.08. The molecule has 0 bridgehead atoms. The van der Waals surface area contributed by atoms with E-state index in [2.05, 4.69) is 25.7 Å². The number of hydrogen-bond donors (Lipinski definition) is 0. The smallest absolute Gasteiger partial charge is 0.150 e. The van der Waals surface area contributed by atoms with Gasteiger partial charge in [-0.25, -0.2) is 0 Å². The summed E-state index contributed by atoms with van der Waals surface area (Å²) in [5, 5.41) is 0. The second-order valence-electron chi connectivity index (χ2n) is 4.00. The molecule has 0 aliphatic rings. The molecule has 1 aromatic rings. The van der Waals surface area contributed by atoms with Crippen LogP contribution in [-0.4, -0.2) is 18.9 Å². The van der Waals surface area contributed by atoms with Crippen molar-refractivity contribution in [3.05, 3.63) is 29.8 Å². The van der Waals surface area contributed by atoms with Crippen molar-refractivity contribution in [3.63, 3.8) is 0 Å². The zero-order chi connectivity index (χ0) is 11.3. The van der Waals surface area contributed by atoms with Crippen LogP contribution < -0.4 is 4.90 Å². The quantitative estimate of drug-likeness (QED) is 0.688. The largest absolute Gasteiger partial charge is 0.369 e. The zero-order valence-corrected chi connectivity index (χ0v) is 9.73. The number of carbonyl (C=O) groups is 1. The van der Waals surface area contributed by atoms with Crippen molar-refractivity contribution in [3.8, 4) is 0 Å². The number of nitrogens with zero attached hydrogens (tertiary/aromatic N) is 1. The van der Waals surface area contributed by atoms with Gasteiger partial charge in [-0.05, 0) is 44.5 Å². The van der Waals surface area contributed by atoms with E-state index in [0.29, 0.717) is 6.04 Å². The lowest BCUT2D eigenvalue weighted by Crippen LogP contribution is -2.31. The molecule has 0 heterocycles. The van der Waals surface area contributed by atoms with Crippen LogP contribution in [0, 0.1) is 0 Å². The van der Waals surface area contributed by atoms with E-state index in [9.17, 15) is 4.79 Å². The van der Waals surface area contributed by atoms with E-state index < -0.39 is 0 Å². The van der Waals surface area contributed by atoms with Crippen LogP contribution in [0.15, 0.2) is 24.3 Å². The Balaban J connectivity index is 2.86. The fourth-order valence-electron chi connectivity index (χ4n) is 1.67. The third-order valence-corrected chi connectivity index (χ3v) is 2.45. The van der Waals surface area contributed by atoms with Crippen molar-refractivity contribution in [2.24, 2.45) is 0 Å². The first-order valence-electron chi connectivity index (χ1n) is 5.51. The summed E-state index contributed by atoms with van der Waals surface area (Å²) < 4.78 is 0. The summed E-state index contributed by atoms with van der Waals surface area (Å²) >= 11 is 0. The van der Waals surface area contributed by atoms with Crippen LogP contribution in [-0.2, 0) is 0 Å². The van der Waals surface area contributed by atoms with Crippen molar-refractivity contribution in [2.75, 3.05) is 11.4 Å². The summed E-state index contributed by atoms with van der Waals surface area (Å²) in [6, 6.07) is 8.26. The van der Waals surface area contributed by atoms with Gasteiger partial charge in [0.05, 0.1) is 0 Å². The van der Waals surface area contributed by atoms with E-state index in [-0.39, 0.29) is 0 Å². The van der Waals surface area contributed by atoms with Crippen LogP contribution in [0.1, 0.15) is 37.6 Å². The van der Waals surface area contributed by atoms with Gasteiger partial charge in [-0.15, -0.1) is 0 Å². The molecule has 2 heteroatoms. The van der Waals surface area contributed by atoms with Crippen LogP contribution >= 0.6 is 0 Å². The SMILES string of the molecule is CCCN(c1ccc(C=O)cc1)C(C)C.